The van der Waals surface area contributed by atoms with Crippen LogP contribution in [0.5, 0.6) is 0 Å². The van der Waals surface area contributed by atoms with E-state index in [4.69, 9.17) is 10.00 Å². The maximum atomic E-state index is 8.54. The number of aromatic nitrogens is 2. The number of hydrogen-bond donors (Lipinski definition) is 0. The van der Waals surface area contributed by atoms with Gasteiger partial charge in [0, 0.05) is 26.4 Å². The molecule has 0 aliphatic heterocycles. The van der Waals surface area contributed by atoms with Gasteiger partial charge in [0.15, 0.2) is 5.82 Å². The van der Waals surface area contributed by atoms with Gasteiger partial charge in [0.1, 0.15) is 0 Å². The molecule has 0 aliphatic rings. The molecule has 0 radical (unpaired) electrons. The molecule has 80 valence electrons. The molecule has 1 rings (SSSR count). The largest absolute Gasteiger partial charge is 0.383 e. The van der Waals surface area contributed by atoms with Gasteiger partial charge in [-0.05, 0) is 12.1 Å². The lowest BCUT2D eigenvalue weighted by Crippen LogP contribution is -2.29. The van der Waals surface area contributed by atoms with Crippen LogP contribution in [0.25, 0.3) is 0 Å². The maximum absolute atomic E-state index is 8.54. The average Bonchev–Trinajstić information content (AvgIpc) is 2.30. The molecule has 5 heteroatoms. The van der Waals surface area contributed by atoms with Crippen molar-refractivity contribution in [3.8, 4) is 6.07 Å². The van der Waals surface area contributed by atoms with Crippen LogP contribution in [0.3, 0.4) is 0 Å². The lowest BCUT2D eigenvalue weighted by molar-refractivity contribution is 0.205. The first-order valence-corrected chi connectivity index (χ1v) is 4.77. The third kappa shape index (κ3) is 3.92. The summed E-state index contributed by atoms with van der Waals surface area (Å²) in [6.45, 7) is 1.98. The summed E-state index contributed by atoms with van der Waals surface area (Å²) in [5, 5.41) is 16.3. The molecule has 0 saturated heterocycles. The van der Waals surface area contributed by atoms with E-state index < -0.39 is 0 Å². The third-order valence-corrected chi connectivity index (χ3v) is 1.94. The smallest absolute Gasteiger partial charge is 0.151 e. The average molecular weight is 206 g/mol. The van der Waals surface area contributed by atoms with Gasteiger partial charge in [-0.2, -0.15) is 10.4 Å². The highest BCUT2D eigenvalue weighted by atomic mass is 16.5. The summed E-state index contributed by atoms with van der Waals surface area (Å²) in [6, 6.07) is 5.82. The second kappa shape index (κ2) is 6.74. The minimum Gasteiger partial charge on any atom is -0.383 e. The van der Waals surface area contributed by atoms with Crippen LogP contribution in [0.2, 0.25) is 0 Å². The summed E-state index contributed by atoms with van der Waals surface area (Å²) in [7, 11) is 1.65. The van der Waals surface area contributed by atoms with Crippen molar-refractivity contribution in [2.24, 2.45) is 0 Å². The Morgan fingerprint density at radius 1 is 1.53 bits per heavy atom. The van der Waals surface area contributed by atoms with Crippen molar-refractivity contribution in [3.63, 3.8) is 0 Å². The van der Waals surface area contributed by atoms with Crippen LogP contribution in [0.15, 0.2) is 18.3 Å². The molecule has 0 aromatic carbocycles. The van der Waals surface area contributed by atoms with Gasteiger partial charge in [-0.1, -0.05) is 0 Å². The van der Waals surface area contributed by atoms with Gasteiger partial charge in [0.25, 0.3) is 0 Å². The highest BCUT2D eigenvalue weighted by Crippen LogP contribution is 2.07. The van der Waals surface area contributed by atoms with Crippen molar-refractivity contribution in [1.82, 2.24) is 10.2 Å². The van der Waals surface area contributed by atoms with E-state index in [2.05, 4.69) is 16.3 Å². The molecule has 0 saturated carbocycles. The summed E-state index contributed by atoms with van der Waals surface area (Å²) in [6.07, 6.45) is 2.10. The van der Waals surface area contributed by atoms with E-state index in [-0.39, 0.29) is 0 Å². The number of hydrogen-bond acceptors (Lipinski definition) is 5. The van der Waals surface area contributed by atoms with E-state index in [1.54, 1.807) is 13.3 Å². The van der Waals surface area contributed by atoms with Gasteiger partial charge in [-0.15, -0.1) is 5.10 Å². The first kappa shape index (κ1) is 11.4. The van der Waals surface area contributed by atoms with E-state index in [1.807, 2.05) is 17.0 Å². The van der Waals surface area contributed by atoms with Gasteiger partial charge in [0.05, 0.1) is 19.1 Å². The summed E-state index contributed by atoms with van der Waals surface area (Å²) in [5.41, 5.74) is 0. The van der Waals surface area contributed by atoms with Crippen molar-refractivity contribution in [2.45, 2.75) is 6.42 Å². The van der Waals surface area contributed by atoms with Gasteiger partial charge in [-0.25, -0.2) is 0 Å². The van der Waals surface area contributed by atoms with Crippen LogP contribution in [0, 0.1) is 11.3 Å². The lowest BCUT2D eigenvalue weighted by atomic mass is 10.3. The number of ether oxygens (including phenoxy) is 1. The molecule has 0 unspecified atom stereocenters. The summed E-state index contributed by atoms with van der Waals surface area (Å²) < 4.78 is 5.00. The van der Waals surface area contributed by atoms with Gasteiger partial charge in [-0.3, -0.25) is 0 Å². The Morgan fingerprint density at radius 3 is 3.00 bits per heavy atom. The molecule has 5 nitrogen and oxygen atoms in total. The Kier molecular flexibility index (Phi) is 5.12. The fourth-order valence-corrected chi connectivity index (χ4v) is 1.19. The van der Waals surface area contributed by atoms with Gasteiger partial charge in [0.2, 0.25) is 0 Å². The highest BCUT2D eigenvalue weighted by molar-refractivity contribution is 5.36. The molecule has 0 bridgehead atoms. The predicted octanol–water partition coefficient (Wildman–Crippen LogP) is 0.843. The monoisotopic (exact) mass is 206 g/mol. The van der Waals surface area contributed by atoms with Crippen molar-refractivity contribution in [3.05, 3.63) is 18.3 Å². The molecular formula is C10H14N4O. The number of nitriles is 1. The SMILES string of the molecule is COCCN(CCC#N)c1cccnn1. The first-order chi connectivity index (χ1) is 7.38. The van der Waals surface area contributed by atoms with Crippen LogP contribution in [-0.4, -0.2) is 37.0 Å². The van der Waals surface area contributed by atoms with Gasteiger partial charge < -0.3 is 9.64 Å². The minimum atomic E-state index is 0.473. The van der Waals surface area contributed by atoms with E-state index in [1.165, 1.54) is 0 Å². The molecule has 0 atom stereocenters. The van der Waals surface area contributed by atoms with Crippen LogP contribution in [0.1, 0.15) is 6.42 Å². The summed E-state index contributed by atoms with van der Waals surface area (Å²) in [4.78, 5) is 1.99. The van der Waals surface area contributed by atoms with E-state index in [9.17, 15) is 0 Å². The fourth-order valence-electron chi connectivity index (χ4n) is 1.19. The Hall–Kier alpha value is -1.67. The normalized spacial score (nSPS) is 9.60. The van der Waals surface area contributed by atoms with E-state index in [0.29, 0.717) is 19.6 Å². The first-order valence-electron chi connectivity index (χ1n) is 4.77. The van der Waals surface area contributed by atoms with Crippen LogP contribution >= 0.6 is 0 Å². The van der Waals surface area contributed by atoms with Crippen LogP contribution in [-0.2, 0) is 4.74 Å². The number of anilines is 1. The van der Waals surface area contributed by atoms with Crippen molar-refractivity contribution in [2.75, 3.05) is 31.7 Å². The number of nitrogens with zero attached hydrogens (tertiary/aromatic N) is 4. The molecule has 1 heterocycles. The second-order valence-corrected chi connectivity index (χ2v) is 2.97. The molecule has 0 amide bonds. The van der Waals surface area contributed by atoms with E-state index >= 15 is 0 Å². The number of rotatable bonds is 6. The molecule has 0 aliphatic carbocycles. The van der Waals surface area contributed by atoms with Crippen LogP contribution in [0.4, 0.5) is 5.82 Å². The van der Waals surface area contributed by atoms with E-state index in [0.717, 1.165) is 12.4 Å². The van der Waals surface area contributed by atoms with Crippen molar-refractivity contribution < 1.29 is 4.74 Å². The molecule has 0 spiro atoms. The maximum Gasteiger partial charge on any atom is 0.151 e. The van der Waals surface area contributed by atoms with Crippen LogP contribution < -0.4 is 4.90 Å². The topological polar surface area (TPSA) is 62.0 Å². The predicted molar refractivity (Wildman–Crippen MR) is 56.4 cm³/mol. The Bertz CT molecular complexity index is 309. The zero-order valence-corrected chi connectivity index (χ0v) is 8.76. The number of methoxy groups -OCH3 is 1. The quantitative estimate of drug-likeness (QED) is 0.690. The summed E-state index contributed by atoms with van der Waals surface area (Å²) in [5.74, 6) is 0.782. The lowest BCUT2D eigenvalue weighted by Gasteiger charge is -2.21. The fraction of sp³-hybridized carbons (Fsp3) is 0.500. The third-order valence-electron chi connectivity index (χ3n) is 1.94. The summed E-state index contributed by atoms with van der Waals surface area (Å²) >= 11 is 0. The van der Waals surface area contributed by atoms with Crippen molar-refractivity contribution >= 4 is 5.82 Å². The Morgan fingerprint density at radius 2 is 2.40 bits per heavy atom. The van der Waals surface area contributed by atoms with Crippen molar-refractivity contribution in [1.29, 1.82) is 5.26 Å². The molecule has 0 fully saturated rings. The molecule has 0 N–H and O–H groups in total. The standard InChI is InChI=1S/C10H14N4O/c1-15-9-8-14(7-3-5-11)10-4-2-6-12-13-10/h2,4,6H,3,7-9H2,1H3. The zero-order valence-electron chi connectivity index (χ0n) is 8.76. The zero-order chi connectivity index (χ0) is 10.9. The minimum absolute atomic E-state index is 0.473. The molecule has 15 heavy (non-hydrogen) atoms. The van der Waals surface area contributed by atoms with Gasteiger partial charge >= 0.3 is 0 Å². The Balaban J connectivity index is 2.59. The molecular weight excluding hydrogens is 192 g/mol. The molecule has 1 aromatic heterocycles. The second-order valence-electron chi connectivity index (χ2n) is 2.97. The highest BCUT2D eigenvalue weighted by Gasteiger charge is 2.06. The molecule has 1 aromatic rings. The Labute approximate surface area is 89.3 Å².